The first-order valence-electron chi connectivity index (χ1n) is 11.8. The van der Waals surface area contributed by atoms with Crippen molar-refractivity contribution in [2.45, 2.75) is 71.0 Å². The Labute approximate surface area is 195 Å². The van der Waals surface area contributed by atoms with Crippen LogP contribution in [-0.2, 0) is 6.54 Å². The predicted octanol–water partition coefficient (Wildman–Crippen LogP) is 2.65. The van der Waals surface area contributed by atoms with Crippen LogP contribution in [0.15, 0.2) is 47.8 Å². The Kier molecular flexibility index (Phi) is 6.93. The van der Waals surface area contributed by atoms with Crippen LogP contribution in [0.25, 0.3) is 11.0 Å². The van der Waals surface area contributed by atoms with Crippen molar-refractivity contribution in [1.29, 1.82) is 0 Å². The van der Waals surface area contributed by atoms with E-state index in [0.717, 1.165) is 42.7 Å². The van der Waals surface area contributed by atoms with Gasteiger partial charge in [-0.2, -0.15) is 5.48 Å². The summed E-state index contributed by atoms with van der Waals surface area (Å²) in [5, 5.41) is 30.1. The van der Waals surface area contributed by atoms with Crippen LogP contribution >= 0.6 is 0 Å². The number of piperazine rings is 1. The number of allylic oxidation sites excluding steroid dienone is 3. The first-order valence-corrected chi connectivity index (χ1v) is 11.8. The topological polar surface area (TPSA) is 97.0 Å². The minimum absolute atomic E-state index is 0.336. The molecule has 4 N–H and O–H groups in total. The molecule has 2 unspecified atom stereocenters. The van der Waals surface area contributed by atoms with Crippen molar-refractivity contribution in [2.75, 3.05) is 24.5 Å². The summed E-state index contributed by atoms with van der Waals surface area (Å²) in [6.07, 6.45) is 8.44. The van der Waals surface area contributed by atoms with E-state index >= 15 is 0 Å². The van der Waals surface area contributed by atoms with E-state index in [-0.39, 0.29) is 0 Å². The molecular formula is C25H37N5O3. The molecule has 0 radical (unpaired) electrons. The van der Waals surface area contributed by atoms with Crippen LogP contribution in [0.4, 0.5) is 5.69 Å². The summed E-state index contributed by atoms with van der Waals surface area (Å²) in [6.45, 7) is 11.4. The van der Waals surface area contributed by atoms with Crippen LogP contribution in [0.5, 0.6) is 0 Å². The minimum Gasteiger partial charge on any atom is -0.389 e. The second-order valence-electron chi connectivity index (χ2n) is 10.2. The van der Waals surface area contributed by atoms with Gasteiger partial charge in [0.1, 0.15) is 11.9 Å². The van der Waals surface area contributed by atoms with Crippen LogP contribution in [0.2, 0.25) is 0 Å². The lowest BCUT2D eigenvalue weighted by atomic mass is 9.97. The standard InChI is InChI=1S/C25H37N5O3/c1-17-13-29(14-18(2)30(17)16-25(3,4)32)22-9-11-26-23-21(22)10-12-28(23)15-19-5-7-20(8-6-19)24(31)27-33/h5,7,9-12,17-18,24,27,31-33H,6,8,13-16H2,1-4H3/t17-,18?,24?/m0/s1. The fourth-order valence-corrected chi connectivity index (χ4v) is 5.15. The highest BCUT2D eigenvalue weighted by molar-refractivity contribution is 5.90. The number of hydrogen-bond donors (Lipinski definition) is 4. The molecule has 2 aliphatic rings. The molecule has 0 spiro atoms. The van der Waals surface area contributed by atoms with Crippen LogP contribution in [-0.4, -0.2) is 73.4 Å². The summed E-state index contributed by atoms with van der Waals surface area (Å²) >= 11 is 0. The zero-order valence-corrected chi connectivity index (χ0v) is 20.1. The maximum Gasteiger partial charge on any atom is 0.148 e. The number of anilines is 1. The van der Waals surface area contributed by atoms with Gasteiger partial charge in [-0.05, 0) is 58.2 Å². The lowest BCUT2D eigenvalue weighted by Crippen LogP contribution is -2.59. The van der Waals surface area contributed by atoms with Crippen molar-refractivity contribution in [3.05, 3.63) is 47.8 Å². The molecule has 0 saturated carbocycles. The van der Waals surface area contributed by atoms with Crippen molar-refractivity contribution in [3.63, 3.8) is 0 Å². The maximum atomic E-state index is 10.3. The number of aliphatic hydroxyl groups is 2. The quantitative estimate of drug-likeness (QED) is 0.376. The molecule has 8 nitrogen and oxygen atoms in total. The third-order valence-electron chi connectivity index (χ3n) is 6.77. The number of fused-ring (bicyclic) bond motifs is 1. The molecule has 1 aliphatic heterocycles. The van der Waals surface area contributed by atoms with Crippen molar-refractivity contribution in [3.8, 4) is 0 Å². The average molecular weight is 456 g/mol. The number of hydrogen-bond acceptors (Lipinski definition) is 7. The number of nitrogens with zero attached hydrogens (tertiary/aromatic N) is 4. The van der Waals surface area contributed by atoms with Crippen LogP contribution in [0.1, 0.15) is 40.5 Å². The summed E-state index contributed by atoms with van der Waals surface area (Å²) in [4.78, 5) is 9.54. The Hall–Kier alpha value is -2.23. The molecule has 1 saturated heterocycles. The van der Waals surface area contributed by atoms with E-state index in [2.05, 4.69) is 51.5 Å². The SMILES string of the molecule is CC1CN(c2ccnc3c2ccn3CC2=CC=C(C(O)NO)CC2)C[C@H](C)N1CC(C)(C)O. The van der Waals surface area contributed by atoms with Gasteiger partial charge >= 0.3 is 0 Å². The molecule has 1 aliphatic carbocycles. The van der Waals surface area contributed by atoms with E-state index in [1.54, 1.807) is 0 Å². The zero-order valence-electron chi connectivity index (χ0n) is 20.1. The molecule has 0 bridgehead atoms. The largest absolute Gasteiger partial charge is 0.389 e. The van der Waals surface area contributed by atoms with Gasteiger partial charge < -0.3 is 24.9 Å². The summed E-state index contributed by atoms with van der Waals surface area (Å²) in [5.74, 6) is 0. The predicted molar refractivity (Wildman–Crippen MR) is 130 cm³/mol. The Morgan fingerprint density at radius 1 is 1.15 bits per heavy atom. The Morgan fingerprint density at radius 2 is 1.88 bits per heavy atom. The number of hydroxylamine groups is 1. The van der Waals surface area contributed by atoms with Crippen molar-refractivity contribution >= 4 is 16.7 Å². The first kappa shape index (κ1) is 23.9. The highest BCUT2D eigenvalue weighted by Crippen LogP contribution is 2.31. The lowest BCUT2D eigenvalue weighted by molar-refractivity contribution is 0.00250. The van der Waals surface area contributed by atoms with Gasteiger partial charge in [0, 0.05) is 61.7 Å². The Bertz CT molecular complexity index is 1030. The van der Waals surface area contributed by atoms with E-state index in [1.807, 2.05) is 37.7 Å². The number of aromatic nitrogens is 2. The molecule has 3 atom stereocenters. The Morgan fingerprint density at radius 3 is 2.48 bits per heavy atom. The molecule has 2 aromatic heterocycles. The third kappa shape index (κ3) is 5.31. The number of nitrogens with one attached hydrogen (secondary N) is 1. The van der Waals surface area contributed by atoms with Crippen LogP contribution in [0, 0.1) is 0 Å². The average Bonchev–Trinajstić information content (AvgIpc) is 3.18. The van der Waals surface area contributed by atoms with Gasteiger partial charge in [-0.15, -0.1) is 0 Å². The highest BCUT2D eigenvalue weighted by atomic mass is 16.5. The second kappa shape index (κ2) is 9.56. The second-order valence-corrected chi connectivity index (χ2v) is 10.2. The molecule has 8 heteroatoms. The molecule has 0 amide bonds. The molecule has 4 rings (SSSR count). The van der Waals surface area contributed by atoms with Crippen LogP contribution < -0.4 is 10.4 Å². The lowest BCUT2D eigenvalue weighted by Gasteiger charge is -2.47. The van der Waals surface area contributed by atoms with Crippen molar-refractivity contribution < 1.29 is 15.4 Å². The molecule has 33 heavy (non-hydrogen) atoms. The molecule has 3 heterocycles. The summed E-state index contributed by atoms with van der Waals surface area (Å²) in [7, 11) is 0. The van der Waals surface area contributed by atoms with Gasteiger partial charge in [-0.3, -0.25) is 4.90 Å². The Balaban J connectivity index is 1.53. The van der Waals surface area contributed by atoms with E-state index < -0.39 is 11.8 Å². The molecule has 2 aromatic rings. The van der Waals surface area contributed by atoms with Crippen molar-refractivity contribution in [1.82, 2.24) is 19.9 Å². The van der Waals surface area contributed by atoms with E-state index in [9.17, 15) is 10.2 Å². The first-order chi connectivity index (χ1) is 15.7. The maximum absolute atomic E-state index is 10.3. The number of β-amino-alcohol motifs (C(OH)–C–C–N with tert-alkyl or cyclic N) is 1. The summed E-state index contributed by atoms with van der Waals surface area (Å²) < 4.78 is 2.18. The van der Waals surface area contributed by atoms with Gasteiger partial charge in [0.05, 0.1) is 5.60 Å². The summed E-state index contributed by atoms with van der Waals surface area (Å²) in [6, 6.07) is 4.93. The van der Waals surface area contributed by atoms with Gasteiger partial charge in [0.2, 0.25) is 0 Å². The van der Waals surface area contributed by atoms with E-state index in [0.29, 0.717) is 25.0 Å². The number of aliphatic hydroxyl groups excluding tert-OH is 1. The molecule has 180 valence electrons. The van der Waals surface area contributed by atoms with Crippen molar-refractivity contribution in [2.24, 2.45) is 0 Å². The zero-order chi connectivity index (χ0) is 23.8. The van der Waals surface area contributed by atoms with Gasteiger partial charge in [-0.25, -0.2) is 4.98 Å². The van der Waals surface area contributed by atoms with Gasteiger partial charge in [0.25, 0.3) is 0 Å². The fraction of sp³-hybridized carbons (Fsp3) is 0.560. The number of pyridine rings is 1. The monoisotopic (exact) mass is 455 g/mol. The van der Waals surface area contributed by atoms with Crippen LogP contribution in [0.3, 0.4) is 0 Å². The smallest absolute Gasteiger partial charge is 0.148 e. The molecular weight excluding hydrogens is 418 g/mol. The normalized spacial score (nSPS) is 23.5. The van der Waals surface area contributed by atoms with Gasteiger partial charge in [0.15, 0.2) is 0 Å². The third-order valence-corrected chi connectivity index (χ3v) is 6.77. The van der Waals surface area contributed by atoms with E-state index in [1.165, 1.54) is 11.3 Å². The minimum atomic E-state index is -1.01. The van der Waals surface area contributed by atoms with E-state index in [4.69, 9.17) is 5.21 Å². The highest BCUT2D eigenvalue weighted by Gasteiger charge is 2.33. The van der Waals surface area contributed by atoms with Gasteiger partial charge in [-0.1, -0.05) is 17.7 Å². The number of rotatable bonds is 7. The fourth-order valence-electron chi connectivity index (χ4n) is 5.15. The molecule has 0 aromatic carbocycles. The molecule has 1 fully saturated rings. The summed E-state index contributed by atoms with van der Waals surface area (Å²) in [5.41, 5.74) is 5.41.